The zero-order chi connectivity index (χ0) is 25.3. The topological polar surface area (TPSA) is 157 Å². The number of aryl methyl sites for hydroxylation is 1. The smallest absolute Gasteiger partial charge is 0.234 e. The van der Waals surface area contributed by atoms with Crippen LogP contribution in [-0.2, 0) is 17.8 Å². The number of tetrazole rings is 1. The van der Waals surface area contributed by atoms with E-state index in [2.05, 4.69) is 44.5 Å². The maximum absolute atomic E-state index is 11.8. The van der Waals surface area contributed by atoms with Crippen LogP contribution in [-0.4, -0.2) is 69.5 Å². The molecule has 0 saturated heterocycles. The molecular weight excluding hydrogens is 470 g/mol. The number of hydrogen-bond acceptors (Lipinski definition) is 9. The summed E-state index contributed by atoms with van der Waals surface area (Å²) < 4.78 is 28.8. The average molecular weight is 504 g/mol. The molecule has 190 valence electrons. The molecule has 1 atom stereocenters. The van der Waals surface area contributed by atoms with Gasteiger partial charge in [0.1, 0.15) is 5.82 Å². The molecule has 3 rings (SSSR count). The maximum Gasteiger partial charge on any atom is 0.234 e. The molecule has 4 N–H and O–H groups in total. The third-order valence-electron chi connectivity index (χ3n) is 5.49. The molecule has 13 heteroatoms. The second-order valence-electron chi connectivity index (χ2n) is 8.76. The lowest BCUT2D eigenvalue weighted by atomic mass is 9.86. The second kappa shape index (κ2) is 12.5. The predicted molar refractivity (Wildman–Crippen MR) is 135 cm³/mol. The normalized spacial score (nSPS) is 12.6. The van der Waals surface area contributed by atoms with Crippen LogP contribution in [0.2, 0.25) is 0 Å². The van der Waals surface area contributed by atoms with Gasteiger partial charge >= 0.3 is 0 Å². The van der Waals surface area contributed by atoms with E-state index < -0.39 is 11.3 Å². The summed E-state index contributed by atoms with van der Waals surface area (Å²) >= 11 is -2.05. The van der Waals surface area contributed by atoms with E-state index in [0.717, 1.165) is 24.1 Å². The molecule has 0 spiro atoms. The Bertz CT molecular complexity index is 1090. The lowest BCUT2D eigenvalue weighted by Crippen LogP contribution is -2.34. The van der Waals surface area contributed by atoms with Gasteiger partial charge < -0.3 is 15.8 Å². The molecule has 0 bridgehead atoms. The fraction of sp³-hybridized carbons (Fsp3) is 0.500. The molecule has 3 aromatic rings. The van der Waals surface area contributed by atoms with Crippen molar-refractivity contribution in [1.29, 1.82) is 0 Å². The van der Waals surface area contributed by atoms with Crippen molar-refractivity contribution in [2.24, 2.45) is 5.41 Å². The van der Waals surface area contributed by atoms with Gasteiger partial charge in [0.25, 0.3) is 0 Å². The number of anilines is 2. The van der Waals surface area contributed by atoms with Crippen molar-refractivity contribution in [2.75, 3.05) is 37.3 Å². The van der Waals surface area contributed by atoms with Gasteiger partial charge in [0.15, 0.2) is 0 Å². The summed E-state index contributed by atoms with van der Waals surface area (Å²) in [5, 5.41) is 15.4. The van der Waals surface area contributed by atoms with E-state index in [1.165, 1.54) is 9.10 Å². The first-order chi connectivity index (χ1) is 16.8. The molecule has 3 heterocycles. The lowest BCUT2D eigenvalue weighted by Gasteiger charge is -2.27. The van der Waals surface area contributed by atoms with Crippen LogP contribution in [0.25, 0.3) is 11.4 Å². The number of rotatable bonds is 14. The van der Waals surface area contributed by atoms with E-state index in [-0.39, 0.29) is 5.41 Å². The molecule has 35 heavy (non-hydrogen) atoms. The fourth-order valence-electron chi connectivity index (χ4n) is 3.23. The van der Waals surface area contributed by atoms with Gasteiger partial charge in [0.2, 0.25) is 23.0 Å². The van der Waals surface area contributed by atoms with Gasteiger partial charge in [-0.3, -0.25) is 4.55 Å². The summed E-state index contributed by atoms with van der Waals surface area (Å²) in [4.78, 5) is 9.80. The van der Waals surface area contributed by atoms with Crippen LogP contribution < -0.4 is 15.8 Å². The number of nitrogen functional groups attached to an aromatic ring is 1. The number of nitrogens with two attached hydrogens (primary N) is 1. The van der Waals surface area contributed by atoms with Gasteiger partial charge in [-0.15, -0.1) is 10.2 Å². The SMILES string of the molecule is CCn1nnc(-c2ccc(OCCC(C)(C)CCN(CCNc3ccnc(N)c3)S(=O)O)nc2)n1. The Labute approximate surface area is 207 Å². The van der Waals surface area contributed by atoms with Crippen LogP contribution in [0.5, 0.6) is 5.88 Å². The van der Waals surface area contributed by atoms with E-state index in [1.807, 2.05) is 13.0 Å². The Morgan fingerprint density at radius 3 is 2.71 bits per heavy atom. The van der Waals surface area contributed by atoms with Gasteiger partial charge in [0, 0.05) is 55.4 Å². The van der Waals surface area contributed by atoms with Crippen molar-refractivity contribution < 1.29 is 13.5 Å². The highest BCUT2D eigenvalue weighted by Gasteiger charge is 2.21. The molecular formula is C22H33N9O3S. The number of hydrogen-bond donors (Lipinski definition) is 3. The fourth-order valence-corrected chi connectivity index (χ4v) is 3.72. The minimum atomic E-state index is -2.05. The maximum atomic E-state index is 11.8. The largest absolute Gasteiger partial charge is 0.478 e. The molecule has 12 nitrogen and oxygen atoms in total. The van der Waals surface area contributed by atoms with E-state index in [0.29, 0.717) is 50.3 Å². The summed E-state index contributed by atoms with van der Waals surface area (Å²) in [6, 6.07) is 7.16. The quantitative estimate of drug-likeness (QED) is 0.279. The molecule has 0 aliphatic rings. The van der Waals surface area contributed by atoms with E-state index in [9.17, 15) is 8.76 Å². The second-order valence-corrected chi connectivity index (χ2v) is 9.73. The highest BCUT2D eigenvalue weighted by molar-refractivity contribution is 7.76. The molecule has 1 unspecified atom stereocenters. The molecule has 0 aliphatic carbocycles. The predicted octanol–water partition coefficient (Wildman–Crippen LogP) is 2.47. The molecule has 0 aromatic carbocycles. The zero-order valence-corrected chi connectivity index (χ0v) is 21.1. The van der Waals surface area contributed by atoms with Crippen LogP contribution in [0.3, 0.4) is 0 Å². The van der Waals surface area contributed by atoms with E-state index >= 15 is 0 Å². The van der Waals surface area contributed by atoms with E-state index in [4.69, 9.17) is 10.5 Å². The molecule has 0 aliphatic heterocycles. The highest BCUT2D eigenvalue weighted by Crippen LogP contribution is 2.26. The summed E-state index contributed by atoms with van der Waals surface area (Å²) in [5.74, 6) is 1.47. The highest BCUT2D eigenvalue weighted by atomic mass is 32.2. The van der Waals surface area contributed by atoms with Crippen molar-refractivity contribution in [1.82, 2.24) is 34.5 Å². The standard InChI is InChI=1S/C22H33N9O3S/c1-4-31-28-21(27-29-31)17-5-6-20(26-16-17)34-14-9-22(2,3)8-12-30(35(32)33)13-11-24-18-7-10-25-19(23)15-18/h5-7,10,15-16H,4,8-9,11-14H2,1-3H3,(H,32,33)(H3,23,24,25). The van der Waals surface area contributed by atoms with E-state index in [1.54, 1.807) is 30.6 Å². The van der Waals surface area contributed by atoms with Gasteiger partial charge in [-0.1, -0.05) is 13.8 Å². The van der Waals surface area contributed by atoms with Crippen LogP contribution in [0.4, 0.5) is 11.5 Å². The van der Waals surface area contributed by atoms with Crippen molar-refractivity contribution in [3.8, 4) is 17.3 Å². The third-order valence-corrected chi connectivity index (χ3v) is 6.30. The number of ether oxygens (including phenoxy) is 1. The summed E-state index contributed by atoms with van der Waals surface area (Å²) in [6.45, 7) is 8.71. The Kier molecular flexibility index (Phi) is 9.46. The minimum Gasteiger partial charge on any atom is -0.478 e. The zero-order valence-electron chi connectivity index (χ0n) is 20.3. The minimum absolute atomic E-state index is 0.0902. The van der Waals surface area contributed by atoms with Gasteiger partial charge in [-0.05, 0) is 42.5 Å². The summed E-state index contributed by atoms with van der Waals surface area (Å²) in [7, 11) is 0. The van der Waals surface area contributed by atoms with Crippen molar-refractivity contribution >= 4 is 22.8 Å². The first-order valence-corrected chi connectivity index (χ1v) is 12.5. The monoisotopic (exact) mass is 503 g/mol. The van der Waals surface area contributed by atoms with Gasteiger partial charge in [0.05, 0.1) is 13.2 Å². The van der Waals surface area contributed by atoms with Gasteiger partial charge in [-0.25, -0.2) is 14.2 Å². The first-order valence-electron chi connectivity index (χ1n) is 11.4. The third kappa shape index (κ3) is 8.53. The van der Waals surface area contributed by atoms with Crippen LogP contribution in [0.1, 0.15) is 33.6 Å². The lowest BCUT2D eigenvalue weighted by molar-refractivity contribution is 0.201. The molecule has 0 saturated carbocycles. The summed E-state index contributed by atoms with van der Waals surface area (Å²) in [5.41, 5.74) is 7.18. The van der Waals surface area contributed by atoms with Crippen LogP contribution >= 0.6 is 0 Å². The average Bonchev–Trinajstić information content (AvgIpc) is 3.31. The Morgan fingerprint density at radius 1 is 1.23 bits per heavy atom. The molecule has 0 fully saturated rings. The molecule has 0 amide bonds. The van der Waals surface area contributed by atoms with Crippen molar-refractivity contribution in [2.45, 2.75) is 40.2 Å². The van der Waals surface area contributed by atoms with Crippen LogP contribution in [0, 0.1) is 5.41 Å². The summed E-state index contributed by atoms with van der Waals surface area (Å²) in [6.07, 6.45) is 4.78. The number of nitrogens with one attached hydrogen (secondary N) is 1. The molecule has 3 aromatic heterocycles. The van der Waals surface area contributed by atoms with Crippen LogP contribution in [0.15, 0.2) is 36.7 Å². The Hall–Kier alpha value is -3.16. The Balaban J connectivity index is 1.41. The Morgan fingerprint density at radius 2 is 2.06 bits per heavy atom. The number of pyridine rings is 2. The molecule has 0 radical (unpaired) electrons. The van der Waals surface area contributed by atoms with Gasteiger partial charge in [-0.2, -0.15) is 9.10 Å². The number of aromatic nitrogens is 6. The first kappa shape index (κ1) is 26.4. The number of nitrogens with zero attached hydrogens (tertiary/aromatic N) is 7. The van der Waals surface area contributed by atoms with Crippen molar-refractivity contribution in [3.63, 3.8) is 0 Å². The van der Waals surface area contributed by atoms with Crippen molar-refractivity contribution in [3.05, 3.63) is 36.7 Å².